The minimum Gasteiger partial charge on any atom is -0.496 e. The molecule has 3 rings (SSSR count). The van der Waals surface area contributed by atoms with Crippen LogP contribution in [0.1, 0.15) is 17.2 Å². The summed E-state index contributed by atoms with van der Waals surface area (Å²) in [4.78, 5) is 0.172. The maximum Gasteiger partial charge on any atom is 0.243 e. The van der Waals surface area contributed by atoms with E-state index >= 15 is 0 Å². The number of benzene rings is 2. The molecule has 23 heavy (non-hydrogen) atoms. The number of nitrogens with zero attached hydrogens (tertiary/aromatic N) is 1. The van der Waals surface area contributed by atoms with Gasteiger partial charge in [-0.15, -0.1) is 0 Å². The van der Waals surface area contributed by atoms with Gasteiger partial charge in [0.05, 0.1) is 24.2 Å². The highest BCUT2D eigenvalue weighted by Crippen LogP contribution is 2.37. The lowest BCUT2D eigenvalue weighted by molar-refractivity contribution is 0.0888. The van der Waals surface area contributed by atoms with Crippen LogP contribution in [0.15, 0.2) is 53.4 Å². The minimum absolute atomic E-state index is 0.172. The summed E-state index contributed by atoms with van der Waals surface area (Å²) >= 11 is 0. The van der Waals surface area contributed by atoms with Crippen LogP contribution in [0.4, 0.5) is 0 Å². The Morgan fingerprint density at radius 2 is 1.78 bits per heavy atom. The molecule has 6 heteroatoms. The van der Waals surface area contributed by atoms with Crippen LogP contribution in [-0.2, 0) is 16.4 Å². The molecular formula is C17H19NO4S. The van der Waals surface area contributed by atoms with Gasteiger partial charge in [0, 0.05) is 12.6 Å². The summed E-state index contributed by atoms with van der Waals surface area (Å²) in [7, 11) is -0.526. The summed E-state index contributed by atoms with van der Waals surface area (Å²) in [5, 5.41) is 10.7. The second kappa shape index (κ2) is 5.96. The van der Waals surface area contributed by atoms with Gasteiger partial charge < -0.3 is 9.84 Å². The summed E-state index contributed by atoms with van der Waals surface area (Å²) in [6.45, 7) is 0. The van der Waals surface area contributed by atoms with Gasteiger partial charge in [-0.25, -0.2) is 8.42 Å². The lowest BCUT2D eigenvalue weighted by Gasteiger charge is -2.37. The Bertz CT molecular complexity index is 819. The van der Waals surface area contributed by atoms with Crippen LogP contribution >= 0.6 is 0 Å². The molecule has 2 atom stereocenters. The van der Waals surface area contributed by atoms with Gasteiger partial charge in [0.2, 0.25) is 10.0 Å². The lowest BCUT2D eigenvalue weighted by Crippen LogP contribution is -2.46. The zero-order valence-electron chi connectivity index (χ0n) is 13.0. The Hall–Kier alpha value is -1.89. The Kier molecular flexibility index (Phi) is 4.14. The van der Waals surface area contributed by atoms with Crippen LogP contribution in [-0.4, -0.2) is 38.0 Å². The second-order valence-electron chi connectivity index (χ2n) is 5.59. The van der Waals surface area contributed by atoms with E-state index in [-0.39, 0.29) is 4.90 Å². The molecule has 0 amide bonds. The van der Waals surface area contributed by atoms with Crippen LogP contribution in [0, 0.1) is 0 Å². The number of rotatable bonds is 3. The summed E-state index contributed by atoms with van der Waals surface area (Å²) in [6.07, 6.45) is -0.514. The van der Waals surface area contributed by atoms with Gasteiger partial charge in [0.25, 0.3) is 0 Å². The highest BCUT2D eigenvalue weighted by molar-refractivity contribution is 7.89. The maximum atomic E-state index is 12.7. The van der Waals surface area contributed by atoms with E-state index in [2.05, 4.69) is 0 Å². The highest BCUT2D eigenvalue weighted by atomic mass is 32.2. The third-order valence-electron chi connectivity index (χ3n) is 4.35. The predicted molar refractivity (Wildman–Crippen MR) is 86.8 cm³/mol. The molecule has 0 saturated heterocycles. The molecule has 1 aliphatic heterocycles. The standard InChI is InChI=1S/C17H19NO4S/c1-18-14(11-12-7-3-5-9-15(12)22-2)17(19)13-8-4-6-10-16(13)23(18,20)21/h3-10,14,17,19H,11H2,1-2H3/t14-,17+/m0/s1. The van der Waals surface area contributed by atoms with Crippen molar-refractivity contribution >= 4 is 10.0 Å². The molecule has 122 valence electrons. The summed E-state index contributed by atoms with van der Waals surface area (Å²) in [5.74, 6) is 0.685. The van der Waals surface area contributed by atoms with Gasteiger partial charge >= 0.3 is 0 Å². The Morgan fingerprint density at radius 3 is 2.52 bits per heavy atom. The van der Waals surface area contributed by atoms with Crippen molar-refractivity contribution in [2.24, 2.45) is 0 Å². The van der Waals surface area contributed by atoms with Crippen LogP contribution in [0.5, 0.6) is 5.75 Å². The first kappa shape index (κ1) is 16.0. The molecule has 0 spiro atoms. The molecular weight excluding hydrogens is 314 g/mol. The summed E-state index contributed by atoms with van der Waals surface area (Å²) in [6, 6.07) is 13.5. The van der Waals surface area contributed by atoms with E-state index in [1.54, 1.807) is 25.3 Å². The molecule has 1 aliphatic rings. The molecule has 2 aromatic carbocycles. The van der Waals surface area contributed by atoms with Crippen molar-refractivity contribution in [2.75, 3.05) is 14.2 Å². The fraction of sp³-hybridized carbons (Fsp3) is 0.294. The molecule has 0 saturated carbocycles. The molecule has 5 nitrogen and oxygen atoms in total. The number of methoxy groups -OCH3 is 1. The van der Waals surface area contributed by atoms with E-state index < -0.39 is 22.2 Å². The smallest absolute Gasteiger partial charge is 0.243 e. The number of fused-ring (bicyclic) bond motifs is 1. The monoisotopic (exact) mass is 333 g/mol. The van der Waals surface area contributed by atoms with E-state index in [4.69, 9.17) is 4.74 Å². The van der Waals surface area contributed by atoms with Gasteiger partial charge in [-0.05, 0) is 24.1 Å². The topological polar surface area (TPSA) is 66.8 Å². The van der Waals surface area contributed by atoms with Crippen LogP contribution in [0.25, 0.3) is 0 Å². The quantitative estimate of drug-likeness (QED) is 0.933. The average Bonchev–Trinajstić information content (AvgIpc) is 2.57. The number of sulfonamides is 1. The summed E-state index contributed by atoms with van der Waals surface area (Å²) in [5.41, 5.74) is 1.31. The van der Waals surface area contributed by atoms with E-state index in [1.807, 2.05) is 24.3 Å². The van der Waals surface area contributed by atoms with Crippen molar-refractivity contribution in [2.45, 2.75) is 23.5 Å². The average molecular weight is 333 g/mol. The van der Waals surface area contributed by atoms with Crippen molar-refractivity contribution in [1.82, 2.24) is 4.31 Å². The fourth-order valence-corrected chi connectivity index (χ4v) is 4.63. The first-order chi connectivity index (χ1) is 11.0. The van der Waals surface area contributed by atoms with Crippen LogP contribution in [0.2, 0.25) is 0 Å². The number of aliphatic hydroxyl groups excluding tert-OH is 1. The van der Waals surface area contributed by atoms with Gasteiger partial charge in [0.1, 0.15) is 5.75 Å². The Morgan fingerprint density at radius 1 is 1.13 bits per heavy atom. The third-order valence-corrected chi connectivity index (χ3v) is 6.30. The SMILES string of the molecule is COc1ccccc1C[C@H]1[C@H](O)c2ccccc2S(=O)(=O)N1C. The van der Waals surface area contributed by atoms with E-state index in [0.717, 1.165) is 5.56 Å². The first-order valence-corrected chi connectivity index (χ1v) is 8.77. The second-order valence-corrected chi connectivity index (χ2v) is 7.55. The number of likely N-dealkylation sites (N-methyl/N-ethyl adjacent to an activating group) is 1. The molecule has 2 aromatic rings. The molecule has 0 aliphatic carbocycles. The third kappa shape index (κ3) is 2.63. The highest BCUT2D eigenvalue weighted by Gasteiger charge is 2.41. The molecule has 0 aromatic heterocycles. The number of hydrogen-bond acceptors (Lipinski definition) is 4. The van der Waals surface area contributed by atoms with Crippen molar-refractivity contribution in [3.63, 3.8) is 0 Å². The zero-order valence-corrected chi connectivity index (χ0v) is 13.8. The molecule has 0 fully saturated rings. The van der Waals surface area contributed by atoms with Crippen LogP contribution in [0.3, 0.4) is 0 Å². The molecule has 1 N–H and O–H groups in total. The summed E-state index contributed by atoms with van der Waals surface area (Å²) < 4.78 is 32.0. The van der Waals surface area contributed by atoms with Crippen molar-refractivity contribution in [3.05, 3.63) is 59.7 Å². The van der Waals surface area contributed by atoms with Gasteiger partial charge in [-0.2, -0.15) is 4.31 Å². The number of ether oxygens (including phenoxy) is 1. The van der Waals surface area contributed by atoms with Gasteiger partial charge in [0.15, 0.2) is 0 Å². The Balaban J connectivity index is 2.04. The van der Waals surface area contributed by atoms with Gasteiger partial charge in [-0.1, -0.05) is 36.4 Å². The number of aliphatic hydroxyl groups is 1. The largest absolute Gasteiger partial charge is 0.496 e. The maximum absolute atomic E-state index is 12.7. The normalized spacial score (nSPS) is 23.3. The molecule has 0 unspecified atom stereocenters. The van der Waals surface area contributed by atoms with Crippen molar-refractivity contribution < 1.29 is 18.3 Å². The van der Waals surface area contributed by atoms with E-state index in [0.29, 0.717) is 17.7 Å². The first-order valence-electron chi connectivity index (χ1n) is 7.33. The molecule has 0 radical (unpaired) electrons. The predicted octanol–water partition coefficient (Wildman–Crippen LogP) is 1.97. The Labute approximate surface area is 136 Å². The molecule has 0 bridgehead atoms. The zero-order chi connectivity index (χ0) is 16.6. The number of hydrogen-bond donors (Lipinski definition) is 1. The van der Waals surface area contributed by atoms with E-state index in [9.17, 15) is 13.5 Å². The number of para-hydroxylation sites is 1. The minimum atomic E-state index is -3.61. The van der Waals surface area contributed by atoms with Crippen LogP contribution < -0.4 is 4.74 Å². The molecule has 1 heterocycles. The van der Waals surface area contributed by atoms with E-state index in [1.165, 1.54) is 17.4 Å². The lowest BCUT2D eigenvalue weighted by atomic mass is 9.95. The van der Waals surface area contributed by atoms with Crippen molar-refractivity contribution in [1.29, 1.82) is 0 Å². The van der Waals surface area contributed by atoms with Crippen molar-refractivity contribution in [3.8, 4) is 5.75 Å². The fourth-order valence-electron chi connectivity index (χ4n) is 3.04. The van der Waals surface area contributed by atoms with Gasteiger partial charge in [-0.3, -0.25) is 0 Å².